The van der Waals surface area contributed by atoms with Crippen LogP contribution in [0.25, 0.3) is 0 Å². The number of anilines is 1. The Labute approximate surface area is 89.1 Å². The van der Waals surface area contributed by atoms with Gasteiger partial charge in [-0.15, -0.1) is 10.2 Å². The van der Waals surface area contributed by atoms with Gasteiger partial charge in [0.05, 0.1) is 0 Å². The Bertz CT molecular complexity index is 312. The van der Waals surface area contributed by atoms with Crippen LogP contribution in [0.4, 0.5) is 5.82 Å². The molecule has 2 atom stereocenters. The first-order chi connectivity index (χ1) is 6.66. The Morgan fingerprint density at radius 3 is 2.71 bits per heavy atom. The van der Waals surface area contributed by atoms with Gasteiger partial charge in [-0.25, -0.2) is 0 Å². The van der Waals surface area contributed by atoms with Gasteiger partial charge in [0.25, 0.3) is 0 Å². The van der Waals surface area contributed by atoms with Crippen LogP contribution in [0.15, 0.2) is 12.1 Å². The molecule has 1 fully saturated rings. The highest BCUT2D eigenvalue weighted by molar-refractivity contribution is 6.29. The van der Waals surface area contributed by atoms with E-state index in [9.17, 15) is 0 Å². The SMILES string of the molecule is CC1CC1CN(C)c1ccc(Cl)nn1. The first-order valence-electron chi connectivity index (χ1n) is 4.87. The van der Waals surface area contributed by atoms with Crippen LogP contribution in [0.2, 0.25) is 5.15 Å². The molecule has 1 aromatic rings. The minimum Gasteiger partial charge on any atom is -0.358 e. The van der Waals surface area contributed by atoms with Crippen molar-refractivity contribution in [3.8, 4) is 0 Å². The Kier molecular flexibility index (Phi) is 2.59. The molecule has 2 unspecified atom stereocenters. The van der Waals surface area contributed by atoms with E-state index in [4.69, 9.17) is 11.6 Å². The summed E-state index contributed by atoms with van der Waals surface area (Å²) in [7, 11) is 2.04. The number of hydrogen-bond acceptors (Lipinski definition) is 3. The van der Waals surface area contributed by atoms with Gasteiger partial charge in [0.15, 0.2) is 11.0 Å². The largest absolute Gasteiger partial charge is 0.358 e. The van der Waals surface area contributed by atoms with Crippen molar-refractivity contribution in [2.75, 3.05) is 18.5 Å². The van der Waals surface area contributed by atoms with Crippen LogP contribution >= 0.6 is 11.6 Å². The van der Waals surface area contributed by atoms with E-state index < -0.39 is 0 Å². The number of aromatic nitrogens is 2. The molecular weight excluding hydrogens is 198 g/mol. The zero-order valence-corrected chi connectivity index (χ0v) is 9.20. The van der Waals surface area contributed by atoms with Crippen molar-refractivity contribution in [2.45, 2.75) is 13.3 Å². The summed E-state index contributed by atoms with van der Waals surface area (Å²) in [6.45, 7) is 3.35. The number of halogens is 1. The monoisotopic (exact) mass is 211 g/mol. The predicted molar refractivity (Wildman–Crippen MR) is 57.6 cm³/mol. The lowest BCUT2D eigenvalue weighted by Crippen LogP contribution is -2.21. The smallest absolute Gasteiger partial charge is 0.151 e. The standard InChI is InChI=1S/C10H14ClN3/c1-7-5-8(7)6-14(2)10-4-3-9(11)12-13-10/h3-4,7-8H,5-6H2,1-2H3. The molecule has 0 radical (unpaired) electrons. The summed E-state index contributed by atoms with van der Waals surface area (Å²) < 4.78 is 0. The van der Waals surface area contributed by atoms with Gasteiger partial charge in [-0.05, 0) is 30.4 Å². The van der Waals surface area contributed by atoms with E-state index in [1.165, 1.54) is 6.42 Å². The predicted octanol–water partition coefficient (Wildman–Crippen LogP) is 2.22. The van der Waals surface area contributed by atoms with Gasteiger partial charge in [0.2, 0.25) is 0 Å². The van der Waals surface area contributed by atoms with Gasteiger partial charge in [-0.3, -0.25) is 0 Å². The molecule has 1 aromatic heterocycles. The molecular formula is C10H14ClN3. The molecule has 0 N–H and O–H groups in total. The van der Waals surface area contributed by atoms with Gasteiger partial charge in [-0.2, -0.15) is 0 Å². The quantitative estimate of drug-likeness (QED) is 0.768. The fourth-order valence-electron chi connectivity index (χ4n) is 1.61. The minimum atomic E-state index is 0.446. The molecule has 1 aliphatic carbocycles. The summed E-state index contributed by atoms with van der Waals surface area (Å²) in [6, 6.07) is 3.68. The maximum absolute atomic E-state index is 5.67. The third-order valence-electron chi connectivity index (χ3n) is 2.79. The normalized spacial score (nSPS) is 24.8. The van der Waals surface area contributed by atoms with E-state index in [0.717, 1.165) is 24.2 Å². The van der Waals surface area contributed by atoms with Crippen molar-refractivity contribution in [2.24, 2.45) is 11.8 Å². The fraction of sp³-hybridized carbons (Fsp3) is 0.600. The summed E-state index contributed by atoms with van der Waals surface area (Å²) in [5, 5.41) is 8.29. The molecule has 4 heteroatoms. The van der Waals surface area contributed by atoms with Crippen LogP contribution in [0, 0.1) is 11.8 Å². The van der Waals surface area contributed by atoms with Crippen molar-refractivity contribution >= 4 is 17.4 Å². The van der Waals surface area contributed by atoms with Crippen molar-refractivity contribution in [1.29, 1.82) is 0 Å². The van der Waals surface area contributed by atoms with Crippen molar-refractivity contribution in [3.63, 3.8) is 0 Å². The lowest BCUT2D eigenvalue weighted by Gasteiger charge is -2.16. The third-order valence-corrected chi connectivity index (χ3v) is 3.00. The summed E-state index contributed by atoms with van der Waals surface area (Å²) in [5.74, 6) is 2.60. The Morgan fingerprint density at radius 1 is 1.50 bits per heavy atom. The van der Waals surface area contributed by atoms with Crippen molar-refractivity contribution < 1.29 is 0 Å². The lowest BCUT2D eigenvalue weighted by atomic mass is 10.3. The lowest BCUT2D eigenvalue weighted by molar-refractivity contribution is 0.715. The van der Waals surface area contributed by atoms with Gasteiger partial charge in [-0.1, -0.05) is 18.5 Å². The average molecular weight is 212 g/mol. The van der Waals surface area contributed by atoms with Crippen LogP contribution in [0.5, 0.6) is 0 Å². The molecule has 1 aliphatic rings. The summed E-state index contributed by atoms with van der Waals surface area (Å²) in [5.41, 5.74) is 0. The Morgan fingerprint density at radius 2 is 2.21 bits per heavy atom. The average Bonchev–Trinajstić information content (AvgIpc) is 2.82. The molecule has 76 valence electrons. The molecule has 0 bridgehead atoms. The molecule has 0 spiro atoms. The van der Waals surface area contributed by atoms with Crippen LogP contribution in [0.3, 0.4) is 0 Å². The molecule has 1 saturated carbocycles. The van der Waals surface area contributed by atoms with Crippen molar-refractivity contribution in [1.82, 2.24) is 10.2 Å². The Hall–Kier alpha value is -0.830. The molecule has 0 aromatic carbocycles. The van der Waals surface area contributed by atoms with Crippen LogP contribution in [-0.4, -0.2) is 23.8 Å². The molecule has 3 nitrogen and oxygen atoms in total. The highest BCUT2D eigenvalue weighted by Gasteiger charge is 2.33. The minimum absolute atomic E-state index is 0.446. The molecule has 0 amide bonds. The maximum Gasteiger partial charge on any atom is 0.151 e. The first kappa shape index (κ1) is 9.71. The van der Waals surface area contributed by atoms with Gasteiger partial charge < -0.3 is 4.90 Å². The Balaban J connectivity index is 1.96. The second-order valence-electron chi connectivity index (χ2n) is 4.07. The molecule has 14 heavy (non-hydrogen) atoms. The van der Waals surface area contributed by atoms with Crippen LogP contribution in [-0.2, 0) is 0 Å². The molecule has 0 saturated heterocycles. The third kappa shape index (κ3) is 2.15. The van der Waals surface area contributed by atoms with Gasteiger partial charge >= 0.3 is 0 Å². The zero-order chi connectivity index (χ0) is 10.1. The van der Waals surface area contributed by atoms with Crippen LogP contribution in [0.1, 0.15) is 13.3 Å². The number of nitrogens with zero attached hydrogens (tertiary/aromatic N) is 3. The summed E-state index contributed by atoms with van der Waals surface area (Å²) in [6.07, 6.45) is 1.34. The maximum atomic E-state index is 5.67. The highest BCUT2D eigenvalue weighted by atomic mass is 35.5. The topological polar surface area (TPSA) is 29.0 Å². The second-order valence-corrected chi connectivity index (χ2v) is 4.46. The summed E-state index contributed by atoms with van der Waals surface area (Å²) in [4.78, 5) is 2.14. The van der Waals surface area contributed by atoms with Gasteiger partial charge in [0, 0.05) is 13.6 Å². The van der Waals surface area contributed by atoms with E-state index in [0.29, 0.717) is 5.15 Å². The highest BCUT2D eigenvalue weighted by Crippen LogP contribution is 2.38. The zero-order valence-electron chi connectivity index (χ0n) is 8.44. The second kappa shape index (κ2) is 3.73. The van der Waals surface area contributed by atoms with Crippen molar-refractivity contribution in [3.05, 3.63) is 17.3 Å². The van der Waals surface area contributed by atoms with Crippen LogP contribution < -0.4 is 4.90 Å². The van der Waals surface area contributed by atoms with Gasteiger partial charge in [0.1, 0.15) is 0 Å². The van der Waals surface area contributed by atoms with E-state index in [2.05, 4.69) is 22.0 Å². The number of hydrogen-bond donors (Lipinski definition) is 0. The van der Waals surface area contributed by atoms with E-state index in [-0.39, 0.29) is 0 Å². The number of rotatable bonds is 3. The summed E-state index contributed by atoms with van der Waals surface area (Å²) >= 11 is 5.67. The molecule has 2 rings (SSSR count). The molecule has 0 aliphatic heterocycles. The fourth-order valence-corrected chi connectivity index (χ4v) is 1.71. The molecule has 1 heterocycles. The first-order valence-corrected chi connectivity index (χ1v) is 5.25. The van der Waals surface area contributed by atoms with E-state index >= 15 is 0 Å². The van der Waals surface area contributed by atoms with E-state index in [1.54, 1.807) is 6.07 Å². The van der Waals surface area contributed by atoms with E-state index in [1.807, 2.05) is 13.1 Å².